The first kappa shape index (κ1) is 22.2. The van der Waals surface area contributed by atoms with E-state index in [-0.39, 0.29) is 35.3 Å². The van der Waals surface area contributed by atoms with E-state index in [1.165, 1.54) is 6.07 Å². The Balaban J connectivity index is 1.37. The highest BCUT2D eigenvalue weighted by molar-refractivity contribution is 5.98. The monoisotopic (exact) mass is 473 g/mol. The number of aryl methyl sites for hydroxylation is 1. The highest BCUT2D eigenvalue weighted by atomic mass is 19.4. The Morgan fingerprint density at radius 3 is 2.47 bits per heavy atom. The zero-order valence-corrected chi connectivity index (χ0v) is 18.0. The van der Waals surface area contributed by atoms with Gasteiger partial charge >= 0.3 is 6.18 Å². The molecule has 3 atom stereocenters. The van der Waals surface area contributed by atoms with Crippen LogP contribution in [0.5, 0.6) is 5.88 Å². The summed E-state index contributed by atoms with van der Waals surface area (Å²) >= 11 is 0. The summed E-state index contributed by atoms with van der Waals surface area (Å²) in [6, 6.07) is 3.56. The van der Waals surface area contributed by atoms with Crippen molar-refractivity contribution in [2.45, 2.75) is 38.1 Å². The van der Waals surface area contributed by atoms with Gasteiger partial charge in [-0.25, -0.2) is 19.3 Å². The van der Waals surface area contributed by atoms with Crippen LogP contribution in [0.25, 0.3) is 11.4 Å². The van der Waals surface area contributed by atoms with Gasteiger partial charge in [0, 0.05) is 25.0 Å². The van der Waals surface area contributed by atoms with Gasteiger partial charge in [-0.3, -0.25) is 9.78 Å². The molecule has 2 bridgehead atoms. The lowest BCUT2D eigenvalue weighted by atomic mass is 10.1. The second kappa shape index (κ2) is 8.30. The van der Waals surface area contributed by atoms with E-state index < -0.39 is 23.7 Å². The Hall–Kier alpha value is -3.63. The molecule has 3 aromatic rings. The molecule has 0 N–H and O–H groups in total. The number of fused-ring (bicyclic) bond motifs is 2. The van der Waals surface area contributed by atoms with Gasteiger partial charge in [0.05, 0.1) is 29.6 Å². The number of piperidine rings is 1. The third kappa shape index (κ3) is 4.17. The highest BCUT2D eigenvalue weighted by Gasteiger charge is 2.49. The van der Waals surface area contributed by atoms with Crippen LogP contribution in [0.1, 0.15) is 34.5 Å². The largest absolute Gasteiger partial charge is 0.472 e. The Labute approximate surface area is 191 Å². The van der Waals surface area contributed by atoms with Crippen LogP contribution in [0.15, 0.2) is 43.0 Å². The number of alkyl halides is 3. The summed E-state index contributed by atoms with van der Waals surface area (Å²) in [6.45, 7) is 2.33. The predicted molar refractivity (Wildman–Crippen MR) is 111 cm³/mol. The van der Waals surface area contributed by atoms with Gasteiger partial charge < -0.3 is 9.64 Å². The molecule has 0 aromatic carbocycles. The number of pyridine rings is 2. The summed E-state index contributed by atoms with van der Waals surface area (Å²) in [5.41, 5.74) is 0.480. The van der Waals surface area contributed by atoms with Crippen molar-refractivity contribution in [2.24, 2.45) is 5.92 Å². The lowest BCUT2D eigenvalue weighted by Crippen LogP contribution is -2.47. The smallest absolute Gasteiger partial charge is 0.417 e. The first-order valence-corrected chi connectivity index (χ1v) is 10.6. The summed E-state index contributed by atoms with van der Waals surface area (Å²) < 4.78 is 57.6. The number of hydrogen-bond acceptors (Lipinski definition) is 6. The molecular formula is C23H19F4N5O2. The van der Waals surface area contributed by atoms with Crippen molar-refractivity contribution in [3.63, 3.8) is 0 Å². The normalized spacial score (nSPS) is 21.7. The van der Waals surface area contributed by atoms with Crippen LogP contribution in [0.3, 0.4) is 0 Å². The van der Waals surface area contributed by atoms with Crippen LogP contribution < -0.4 is 4.74 Å². The quantitative estimate of drug-likeness (QED) is 0.532. The Bertz CT molecular complexity index is 1220. The number of hydrogen-bond donors (Lipinski definition) is 0. The van der Waals surface area contributed by atoms with Gasteiger partial charge in [0.25, 0.3) is 5.91 Å². The lowest BCUT2D eigenvalue weighted by Gasteiger charge is -2.33. The molecule has 1 aliphatic heterocycles. The Morgan fingerprint density at radius 1 is 1.06 bits per heavy atom. The van der Waals surface area contributed by atoms with Crippen LogP contribution in [0.2, 0.25) is 0 Å². The predicted octanol–water partition coefficient (Wildman–Crippen LogP) is 4.08. The summed E-state index contributed by atoms with van der Waals surface area (Å²) in [7, 11) is 0. The summed E-state index contributed by atoms with van der Waals surface area (Å²) in [6.07, 6.45) is 0.856. The number of nitrogens with zero attached hydrogens (tertiary/aromatic N) is 5. The SMILES string of the molecule is Cc1cnc(C(=O)N2C[C@H]3C[C@@H](Oc4ccc(C(F)(F)F)cn4)[C@@H]2C3)c(-c2ncc(F)cn2)c1. The fraction of sp³-hybridized carbons (Fsp3) is 0.348. The maximum absolute atomic E-state index is 13.5. The average Bonchev–Trinajstić information content (AvgIpc) is 3.39. The molecule has 1 saturated carbocycles. The molecule has 5 rings (SSSR count). The summed E-state index contributed by atoms with van der Waals surface area (Å²) in [5.74, 6) is -0.460. The molecule has 2 fully saturated rings. The molecule has 3 aromatic heterocycles. The van der Waals surface area contributed by atoms with Crippen molar-refractivity contribution in [1.82, 2.24) is 24.8 Å². The zero-order chi connectivity index (χ0) is 24.0. The van der Waals surface area contributed by atoms with E-state index in [2.05, 4.69) is 19.9 Å². The second-order valence-corrected chi connectivity index (χ2v) is 8.54. The molecule has 1 amide bonds. The number of amides is 1. The molecular weight excluding hydrogens is 454 g/mol. The van der Waals surface area contributed by atoms with Gasteiger partial charge in [0.15, 0.2) is 11.6 Å². The molecule has 0 radical (unpaired) electrons. The van der Waals surface area contributed by atoms with Crippen molar-refractivity contribution in [3.8, 4) is 17.3 Å². The van der Waals surface area contributed by atoms with Gasteiger partial charge in [0.1, 0.15) is 11.8 Å². The third-order valence-corrected chi connectivity index (χ3v) is 6.11. The number of rotatable bonds is 4. The van der Waals surface area contributed by atoms with Gasteiger partial charge in [-0.1, -0.05) is 0 Å². The van der Waals surface area contributed by atoms with Gasteiger partial charge in [-0.15, -0.1) is 0 Å². The van der Waals surface area contributed by atoms with E-state index >= 15 is 0 Å². The first-order valence-electron chi connectivity index (χ1n) is 10.6. The minimum absolute atomic E-state index is 0.0758. The number of carbonyl (C=O) groups is 1. The topological polar surface area (TPSA) is 81.1 Å². The standard InChI is InChI=1S/C23H19F4N5O2/c1-12-4-16(21-30-9-15(24)10-31-21)20(29-7-12)22(33)32-11-13-5-17(32)18(6-13)34-19-3-2-14(8-28-19)23(25,26)27/h2-4,7-10,13,17-18H,5-6,11H2,1H3/t13-,17+,18-/m1/s1. The van der Waals surface area contributed by atoms with Crippen LogP contribution in [-0.2, 0) is 6.18 Å². The van der Waals surface area contributed by atoms with Crippen molar-refractivity contribution >= 4 is 5.91 Å². The Kier molecular flexibility index (Phi) is 5.41. The van der Waals surface area contributed by atoms with E-state index in [1.807, 2.05) is 6.92 Å². The number of ether oxygens (including phenoxy) is 1. The van der Waals surface area contributed by atoms with Crippen LogP contribution >= 0.6 is 0 Å². The first-order chi connectivity index (χ1) is 16.2. The van der Waals surface area contributed by atoms with Crippen LogP contribution in [-0.4, -0.2) is 49.4 Å². The fourth-order valence-electron chi connectivity index (χ4n) is 4.60. The van der Waals surface area contributed by atoms with Gasteiger partial charge in [-0.2, -0.15) is 13.2 Å². The molecule has 1 aliphatic carbocycles. The van der Waals surface area contributed by atoms with E-state index in [9.17, 15) is 22.4 Å². The average molecular weight is 473 g/mol. The molecule has 0 spiro atoms. The van der Waals surface area contributed by atoms with E-state index in [0.717, 1.165) is 30.2 Å². The van der Waals surface area contributed by atoms with Crippen molar-refractivity contribution < 1.29 is 27.1 Å². The van der Waals surface area contributed by atoms with E-state index in [0.29, 0.717) is 24.9 Å². The summed E-state index contributed by atoms with van der Waals surface area (Å²) in [5, 5.41) is 0. The molecule has 2 aliphatic rings. The molecule has 0 unspecified atom stereocenters. The van der Waals surface area contributed by atoms with Gasteiger partial charge in [-0.05, 0) is 43.4 Å². The number of halogens is 4. The highest BCUT2D eigenvalue weighted by Crippen LogP contribution is 2.41. The lowest BCUT2D eigenvalue weighted by molar-refractivity contribution is -0.137. The molecule has 176 valence electrons. The molecule has 4 heterocycles. The fourth-order valence-corrected chi connectivity index (χ4v) is 4.60. The van der Waals surface area contributed by atoms with E-state index in [4.69, 9.17) is 4.74 Å². The minimum atomic E-state index is -4.48. The number of aromatic nitrogens is 4. The molecule has 34 heavy (non-hydrogen) atoms. The van der Waals surface area contributed by atoms with Crippen LogP contribution in [0.4, 0.5) is 17.6 Å². The van der Waals surface area contributed by atoms with Crippen molar-refractivity contribution in [1.29, 1.82) is 0 Å². The third-order valence-electron chi connectivity index (χ3n) is 6.11. The van der Waals surface area contributed by atoms with Crippen LogP contribution in [0, 0.1) is 18.7 Å². The van der Waals surface area contributed by atoms with Crippen molar-refractivity contribution in [3.05, 3.63) is 65.6 Å². The number of likely N-dealkylation sites (tertiary alicyclic amines) is 1. The second-order valence-electron chi connectivity index (χ2n) is 8.54. The molecule has 7 nitrogen and oxygen atoms in total. The Morgan fingerprint density at radius 2 is 1.82 bits per heavy atom. The summed E-state index contributed by atoms with van der Waals surface area (Å²) in [4.78, 5) is 31.3. The van der Waals surface area contributed by atoms with E-state index in [1.54, 1.807) is 17.2 Å². The van der Waals surface area contributed by atoms with Gasteiger partial charge in [0.2, 0.25) is 5.88 Å². The molecule has 1 saturated heterocycles. The molecule has 11 heteroatoms. The maximum atomic E-state index is 13.5. The van der Waals surface area contributed by atoms with Crippen molar-refractivity contribution in [2.75, 3.05) is 6.54 Å². The zero-order valence-electron chi connectivity index (χ0n) is 18.0. The number of carbonyl (C=O) groups excluding carboxylic acids is 1. The maximum Gasteiger partial charge on any atom is 0.417 e. The minimum Gasteiger partial charge on any atom is -0.472 e.